The van der Waals surface area contributed by atoms with Gasteiger partial charge in [0.05, 0.1) is 11.3 Å². The number of nitrogens with two attached hydrogens (primary N) is 1. The standard InChI is InChI=1S/C20H22N4O2S3/c1-9-4-5-12-13(6-9)29-20(16(12)17(21)26)24-14(25)7-27-18-15-10(2)11(3)28-19(15)23-8-22-18/h8-9H,4-7H2,1-3H3,(H2,21,26)(H,24,25)/t9-/m0/s1. The number of primary amides is 1. The van der Waals surface area contributed by atoms with Gasteiger partial charge in [-0.2, -0.15) is 0 Å². The van der Waals surface area contributed by atoms with Crippen molar-refractivity contribution >= 4 is 61.5 Å². The molecule has 0 aromatic carbocycles. The summed E-state index contributed by atoms with van der Waals surface area (Å²) in [7, 11) is 0. The van der Waals surface area contributed by atoms with E-state index in [0.29, 0.717) is 16.5 Å². The zero-order valence-electron chi connectivity index (χ0n) is 16.5. The number of hydrogen-bond acceptors (Lipinski definition) is 7. The van der Waals surface area contributed by atoms with E-state index in [2.05, 4.69) is 36.1 Å². The molecule has 0 bridgehead atoms. The van der Waals surface area contributed by atoms with Crippen LogP contribution in [-0.4, -0.2) is 27.5 Å². The number of nitrogens with zero attached hydrogens (tertiary/aromatic N) is 2. The smallest absolute Gasteiger partial charge is 0.251 e. The highest BCUT2D eigenvalue weighted by molar-refractivity contribution is 8.00. The molecule has 0 saturated heterocycles. The molecule has 3 aromatic heterocycles. The molecule has 1 aliphatic carbocycles. The third-order valence-corrected chi connectivity index (χ3v) is 8.56. The second-order valence-electron chi connectivity index (χ2n) is 7.40. The Morgan fingerprint density at radius 2 is 2.10 bits per heavy atom. The van der Waals surface area contributed by atoms with Gasteiger partial charge in [-0.05, 0) is 50.2 Å². The lowest BCUT2D eigenvalue weighted by Crippen LogP contribution is -2.20. The lowest BCUT2D eigenvalue weighted by Gasteiger charge is -2.18. The fourth-order valence-corrected chi connectivity index (χ4v) is 7.01. The summed E-state index contributed by atoms with van der Waals surface area (Å²) < 4.78 is 0. The van der Waals surface area contributed by atoms with Crippen LogP contribution in [-0.2, 0) is 17.6 Å². The topological polar surface area (TPSA) is 98.0 Å². The number of carbonyl (C=O) groups excluding carboxylic acids is 2. The van der Waals surface area contributed by atoms with Crippen molar-refractivity contribution in [2.24, 2.45) is 11.7 Å². The first-order valence-electron chi connectivity index (χ1n) is 9.42. The van der Waals surface area contributed by atoms with Crippen molar-refractivity contribution in [3.8, 4) is 0 Å². The predicted molar refractivity (Wildman–Crippen MR) is 120 cm³/mol. The van der Waals surface area contributed by atoms with E-state index in [0.717, 1.165) is 45.6 Å². The molecule has 0 saturated carbocycles. The Bertz CT molecular complexity index is 1120. The van der Waals surface area contributed by atoms with E-state index in [1.54, 1.807) is 11.3 Å². The summed E-state index contributed by atoms with van der Waals surface area (Å²) >= 11 is 4.51. The Balaban J connectivity index is 1.52. The van der Waals surface area contributed by atoms with E-state index in [1.807, 2.05) is 0 Å². The van der Waals surface area contributed by atoms with Crippen molar-refractivity contribution < 1.29 is 9.59 Å². The SMILES string of the molecule is Cc1sc2ncnc(SCC(=O)Nc3sc4c(c3C(N)=O)CC[C@H](C)C4)c2c1C. The van der Waals surface area contributed by atoms with E-state index in [9.17, 15) is 9.59 Å². The lowest BCUT2D eigenvalue weighted by molar-refractivity contribution is -0.113. The summed E-state index contributed by atoms with van der Waals surface area (Å²) in [6.07, 6.45) is 4.35. The summed E-state index contributed by atoms with van der Waals surface area (Å²) in [4.78, 5) is 36.7. The fraction of sp³-hybridized carbons (Fsp3) is 0.400. The Labute approximate surface area is 181 Å². The van der Waals surface area contributed by atoms with Crippen LogP contribution in [0, 0.1) is 19.8 Å². The Hall–Kier alpha value is -1.97. The van der Waals surface area contributed by atoms with Crippen molar-refractivity contribution in [3.05, 3.63) is 32.8 Å². The van der Waals surface area contributed by atoms with Crippen LogP contribution in [0.5, 0.6) is 0 Å². The molecule has 3 heterocycles. The van der Waals surface area contributed by atoms with E-state index >= 15 is 0 Å². The summed E-state index contributed by atoms with van der Waals surface area (Å²) in [5, 5.41) is 5.33. The number of nitrogens with one attached hydrogen (secondary N) is 1. The third kappa shape index (κ3) is 3.91. The van der Waals surface area contributed by atoms with E-state index in [-0.39, 0.29) is 11.7 Å². The van der Waals surface area contributed by atoms with Gasteiger partial charge in [0.2, 0.25) is 5.91 Å². The second-order valence-corrected chi connectivity index (χ2v) is 10.7. The van der Waals surface area contributed by atoms with Gasteiger partial charge in [0.25, 0.3) is 5.91 Å². The van der Waals surface area contributed by atoms with Crippen molar-refractivity contribution in [2.75, 3.05) is 11.1 Å². The fourth-order valence-electron chi connectivity index (χ4n) is 3.66. The first-order valence-corrected chi connectivity index (χ1v) is 12.0. The zero-order valence-corrected chi connectivity index (χ0v) is 18.9. The van der Waals surface area contributed by atoms with Crippen LogP contribution in [0.3, 0.4) is 0 Å². The molecule has 2 amide bonds. The molecule has 0 aliphatic heterocycles. The molecular weight excluding hydrogens is 424 g/mol. The molecule has 3 aromatic rings. The number of fused-ring (bicyclic) bond motifs is 2. The Morgan fingerprint density at radius 3 is 2.86 bits per heavy atom. The van der Waals surface area contributed by atoms with Crippen LogP contribution in [0.25, 0.3) is 10.2 Å². The molecule has 0 fully saturated rings. The highest BCUT2D eigenvalue weighted by atomic mass is 32.2. The number of anilines is 1. The summed E-state index contributed by atoms with van der Waals surface area (Å²) in [5.41, 5.74) is 8.30. The molecule has 9 heteroatoms. The Morgan fingerprint density at radius 1 is 1.31 bits per heavy atom. The predicted octanol–water partition coefficient (Wildman–Crippen LogP) is 4.32. The first-order chi connectivity index (χ1) is 13.8. The van der Waals surface area contributed by atoms with Crippen LogP contribution in [0.4, 0.5) is 5.00 Å². The first kappa shape index (κ1) is 20.3. The van der Waals surface area contributed by atoms with Gasteiger partial charge in [-0.15, -0.1) is 22.7 Å². The normalized spacial score (nSPS) is 16.0. The van der Waals surface area contributed by atoms with Gasteiger partial charge in [0.15, 0.2) is 0 Å². The van der Waals surface area contributed by atoms with Gasteiger partial charge in [-0.1, -0.05) is 18.7 Å². The number of aryl methyl sites for hydroxylation is 2. The van der Waals surface area contributed by atoms with Gasteiger partial charge in [-0.25, -0.2) is 9.97 Å². The monoisotopic (exact) mass is 446 g/mol. The molecule has 1 atom stereocenters. The maximum atomic E-state index is 12.6. The molecule has 0 radical (unpaired) electrons. The number of carbonyl (C=O) groups is 2. The molecule has 152 valence electrons. The maximum Gasteiger partial charge on any atom is 0.251 e. The van der Waals surface area contributed by atoms with E-state index < -0.39 is 5.91 Å². The largest absolute Gasteiger partial charge is 0.365 e. The van der Waals surface area contributed by atoms with E-state index in [4.69, 9.17) is 5.73 Å². The van der Waals surface area contributed by atoms with Crippen LogP contribution in [0.1, 0.15) is 44.6 Å². The second kappa shape index (κ2) is 8.04. The number of aromatic nitrogens is 2. The summed E-state index contributed by atoms with van der Waals surface area (Å²) in [6, 6.07) is 0. The molecular formula is C20H22N4O2S3. The molecule has 0 unspecified atom stereocenters. The van der Waals surface area contributed by atoms with Crippen molar-refractivity contribution in [1.82, 2.24) is 9.97 Å². The number of amides is 2. The zero-order chi connectivity index (χ0) is 20.7. The molecule has 4 rings (SSSR count). The van der Waals surface area contributed by atoms with Gasteiger partial charge in [0.1, 0.15) is 21.2 Å². The van der Waals surface area contributed by atoms with Gasteiger partial charge in [0, 0.05) is 15.1 Å². The number of thioether (sulfide) groups is 1. The van der Waals surface area contributed by atoms with Gasteiger partial charge >= 0.3 is 0 Å². The average Bonchev–Trinajstić information content (AvgIpc) is 3.16. The minimum Gasteiger partial charge on any atom is -0.365 e. The highest BCUT2D eigenvalue weighted by Crippen LogP contribution is 2.40. The minimum atomic E-state index is -0.470. The molecule has 3 N–H and O–H groups in total. The van der Waals surface area contributed by atoms with E-state index in [1.165, 1.54) is 39.2 Å². The molecule has 1 aliphatic rings. The number of thiophene rings is 2. The van der Waals surface area contributed by atoms with Gasteiger partial charge < -0.3 is 11.1 Å². The van der Waals surface area contributed by atoms with Crippen molar-refractivity contribution in [1.29, 1.82) is 0 Å². The quantitative estimate of drug-likeness (QED) is 0.449. The molecule has 6 nitrogen and oxygen atoms in total. The third-order valence-electron chi connectivity index (χ3n) is 5.28. The van der Waals surface area contributed by atoms with Crippen LogP contribution >= 0.6 is 34.4 Å². The van der Waals surface area contributed by atoms with Crippen LogP contribution in [0.2, 0.25) is 0 Å². The average molecular weight is 447 g/mol. The Kier molecular flexibility index (Phi) is 5.63. The van der Waals surface area contributed by atoms with Gasteiger partial charge in [-0.3, -0.25) is 9.59 Å². The van der Waals surface area contributed by atoms with Crippen molar-refractivity contribution in [3.63, 3.8) is 0 Å². The van der Waals surface area contributed by atoms with Crippen molar-refractivity contribution in [2.45, 2.75) is 45.1 Å². The molecule has 29 heavy (non-hydrogen) atoms. The summed E-state index contributed by atoms with van der Waals surface area (Å²) in [5.74, 6) is 0.151. The minimum absolute atomic E-state index is 0.166. The van der Waals surface area contributed by atoms with Crippen LogP contribution in [0.15, 0.2) is 11.4 Å². The summed E-state index contributed by atoms with van der Waals surface area (Å²) in [6.45, 7) is 6.32. The lowest BCUT2D eigenvalue weighted by atomic mass is 9.88. The highest BCUT2D eigenvalue weighted by Gasteiger charge is 2.27. The van der Waals surface area contributed by atoms with Crippen LogP contribution < -0.4 is 11.1 Å². The maximum absolute atomic E-state index is 12.6. The number of hydrogen-bond donors (Lipinski definition) is 2. The molecule has 0 spiro atoms. The number of rotatable bonds is 5.